The van der Waals surface area contributed by atoms with E-state index in [1.54, 1.807) is 0 Å². The largest absolute Gasteiger partial charge is 0.330 e. The summed E-state index contributed by atoms with van der Waals surface area (Å²) in [7, 11) is 0. The van der Waals surface area contributed by atoms with Crippen molar-refractivity contribution >= 4 is 0 Å². The molecule has 0 aromatic rings. The number of nitrogens with two attached hydrogens (primary N) is 1. The van der Waals surface area contributed by atoms with Gasteiger partial charge in [-0.2, -0.15) is 0 Å². The number of hydrogen-bond donors (Lipinski definition) is 1. The summed E-state index contributed by atoms with van der Waals surface area (Å²) in [5.41, 5.74) is 5.42. The molecule has 0 bridgehead atoms. The maximum absolute atomic E-state index is 5.42. The Balaban J connectivity index is 0. The molecule has 0 spiro atoms. The Morgan fingerprint density at radius 2 is 0.684 bits per heavy atom. The van der Waals surface area contributed by atoms with Crippen LogP contribution in [0.4, 0.5) is 0 Å². The third-order valence-corrected chi connectivity index (χ3v) is 3.51. The van der Waals surface area contributed by atoms with Crippen LogP contribution in [0.1, 0.15) is 111 Å². The van der Waals surface area contributed by atoms with Crippen LogP contribution in [-0.4, -0.2) is 6.54 Å². The normalized spacial score (nSPS) is 10.1. The molecule has 0 unspecified atom stereocenters. The van der Waals surface area contributed by atoms with Gasteiger partial charge in [0, 0.05) is 0 Å². The van der Waals surface area contributed by atoms with Gasteiger partial charge in [-0.25, -0.2) is 0 Å². The highest BCUT2D eigenvalue weighted by atomic mass is 14.5. The zero-order valence-electron chi connectivity index (χ0n) is 14.2. The summed E-state index contributed by atoms with van der Waals surface area (Å²) < 4.78 is 0. The zero-order chi connectivity index (χ0) is 14.6. The predicted molar refractivity (Wildman–Crippen MR) is 90.7 cm³/mol. The number of rotatable bonds is 13. The van der Waals surface area contributed by atoms with Gasteiger partial charge in [0.25, 0.3) is 0 Å². The van der Waals surface area contributed by atoms with Crippen LogP contribution in [-0.2, 0) is 0 Å². The molecule has 0 aliphatic heterocycles. The molecule has 19 heavy (non-hydrogen) atoms. The van der Waals surface area contributed by atoms with Crippen molar-refractivity contribution in [2.75, 3.05) is 6.54 Å². The van der Waals surface area contributed by atoms with Gasteiger partial charge in [0.15, 0.2) is 0 Å². The maximum Gasteiger partial charge on any atom is -0.00773 e. The first-order valence-electron chi connectivity index (χ1n) is 9.03. The first-order valence-corrected chi connectivity index (χ1v) is 9.03. The second-order valence-electron chi connectivity index (χ2n) is 5.68. The SMILES string of the molecule is CCCCCC.CCCCCCCCCCCCN. The molecular weight excluding hydrogens is 230 g/mol. The van der Waals surface area contributed by atoms with E-state index in [-0.39, 0.29) is 0 Å². The molecule has 0 aromatic heterocycles. The van der Waals surface area contributed by atoms with Crippen LogP contribution >= 0.6 is 0 Å². The fraction of sp³-hybridized carbons (Fsp3) is 1.00. The van der Waals surface area contributed by atoms with Gasteiger partial charge in [0.2, 0.25) is 0 Å². The monoisotopic (exact) mass is 271 g/mol. The average Bonchev–Trinajstić information content (AvgIpc) is 2.44. The van der Waals surface area contributed by atoms with Crippen molar-refractivity contribution in [2.24, 2.45) is 5.73 Å². The summed E-state index contributed by atoms with van der Waals surface area (Å²) in [6, 6.07) is 0. The molecule has 118 valence electrons. The van der Waals surface area contributed by atoms with Crippen LogP contribution in [0.5, 0.6) is 0 Å². The van der Waals surface area contributed by atoms with E-state index < -0.39 is 0 Å². The van der Waals surface area contributed by atoms with Gasteiger partial charge in [0.05, 0.1) is 0 Å². The molecule has 0 rings (SSSR count). The Labute approximate surface area is 123 Å². The van der Waals surface area contributed by atoms with Crippen molar-refractivity contribution in [3.8, 4) is 0 Å². The molecular formula is C18H41N. The van der Waals surface area contributed by atoms with E-state index in [9.17, 15) is 0 Å². The maximum atomic E-state index is 5.42. The predicted octanol–water partition coefficient (Wildman–Crippen LogP) is 6.45. The number of unbranched alkanes of at least 4 members (excludes halogenated alkanes) is 12. The Morgan fingerprint density at radius 3 is 1.00 bits per heavy atom. The Bertz CT molecular complexity index is 109. The fourth-order valence-corrected chi connectivity index (χ4v) is 2.13. The molecule has 0 atom stereocenters. The summed E-state index contributed by atoms with van der Waals surface area (Å²) in [6.45, 7) is 7.61. The quantitative estimate of drug-likeness (QED) is 0.383. The third kappa shape index (κ3) is 27.2. The first-order chi connectivity index (χ1) is 9.33. The number of hydrogen-bond acceptors (Lipinski definition) is 1. The second-order valence-corrected chi connectivity index (χ2v) is 5.68. The van der Waals surface area contributed by atoms with E-state index in [1.165, 1.54) is 89.9 Å². The lowest BCUT2D eigenvalue weighted by Crippen LogP contribution is -1.97. The molecule has 1 nitrogen and oxygen atoms in total. The summed E-state index contributed by atoms with van der Waals surface area (Å²) >= 11 is 0. The summed E-state index contributed by atoms with van der Waals surface area (Å²) in [5, 5.41) is 0. The van der Waals surface area contributed by atoms with E-state index in [2.05, 4.69) is 20.8 Å². The van der Waals surface area contributed by atoms with Crippen LogP contribution in [0, 0.1) is 0 Å². The first kappa shape index (κ1) is 21.3. The fourth-order valence-electron chi connectivity index (χ4n) is 2.13. The van der Waals surface area contributed by atoms with Crippen LogP contribution in [0.15, 0.2) is 0 Å². The van der Waals surface area contributed by atoms with E-state index in [1.807, 2.05) is 0 Å². The highest BCUT2D eigenvalue weighted by molar-refractivity contribution is 4.47. The van der Waals surface area contributed by atoms with Crippen LogP contribution in [0.25, 0.3) is 0 Å². The van der Waals surface area contributed by atoms with Crippen LogP contribution < -0.4 is 5.73 Å². The van der Waals surface area contributed by atoms with E-state index in [4.69, 9.17) is 5.73 Å². The molecule has 0 saturated carbocycles. The highest BCUT2D eigenvalue weighted by Crippen LogP contribution is 2.09. The average molecular weight is 272 g/mol. The molecule has 0 aliphatic carbocycles. The molecule has 0 amide bonds. The lowest BCUT2D eigenvalue weighted by Gasteiger charge is -2.00. The standard InChI is InChI=1S/C12H27N.C6H14/c1-2-3-4-5-6-7-8-9-10-11-12-13;1-3-5-6-4-2/h2-13H2,1H3;3-6H2,1-2H3. The lowest BCUT2D eigenvalue weighted by molar-refractivity contribution is 0.558. The van der Waals surface area contributed by atoms with Crippen molar-refractivity contribution in [1.82, 2.24) is 0 Å². The zero-order valence-corrected chi connectivity index (χ0v) is 14.2. The Kier molecular flexibility index (Phi) is 25.8. The molecule has 0 aromatic carbocycles. The third-order valence-electron chi connectivity index (χ3n) is 3.51. The van der Waals surface area contributed by atoms with Gasteiger partial charge in [-0.05, 0) is 13.0 Å². The summed E-state index contributed by atoms with van der Waals surface area (Å²) in [6.07, 6.45) is 19.5. The van der Waals surface area contributed by atoms with Gasteiger partial charge in [-0.1, -0.05) is 104 Å². The smallest absolute Gasteiger partial charge is 0.00773 e. The van der Waals surface area contributed by atoms with Gasteiger partial charge in [0.1, 0.15) is 0 Å². The van der Waals surface area contributed by atoms with Gasteiger partial charge >= 0.3 is 0 Å². The Morgan fingerprint density at radius 1 is 0.421 bits per heavy atom. The summed E-state index contributed by atoms with van der Waals surface area (Å²) in [4.78, 5) is 0. The summed E-state index contributed by atoms with van der Waals surface area (Å²) in [5.74, 6) is 0. The van der Waals surface area contributed by atoms with Crippen molar-refractivity contribution < 1.29 is 0 Å². The lowest BCUT2D eigenvalue weighted by atomic mass is 10.1. The van der Waals surface area contributed by atoms with Crippen LogP contribution in [0.3, 0.4) is 0 Å². The van der Waals surface area contributed by atoms with E-state index in [0.717, 1.165) is 6.54 Å². The van der Waals surface area contributed by atoms with E-state index >= 15 is 0 Å². The van der Waals surface area contributed by atoms with Gasteiger partial charge in [-0.15, -0.1) is 0 Å². The topological polar surface area (TPSA) is 26.0 Å². The van der Waals surface area contributed by atoms with Crippen molar-refractivity contribution in [3.63, 3.8) is 0 Å². The molecule has 0 aliphatic rings. The molecule has 0 fully saturated rings. The second kappa shape index (κ2) is 23.1. The van der Waals surface area contributed by atoms with Crippen LogP contribution in [0.2, 0.25) is 0 Å². The van der Waals surface area contributed by atoms with Gasteiger partial charge in [-0.3, -0.25) is 0 Å². The minimum Gasteiger partial charge on any atom is -0.330 e. The van der Waals surface area contributed by atoms with E-state index in [0.29, 0.717) is 0 Å². The van der Waals surface area contributed by atoms with Crippen molar-refractivity contribution in [1.29, 1.82) is 0 Å². The van der Waals surface area contributed by atoms with Crippen molar-refractivity contribution in [3.05, 3.63) is 0 Å². The molecule has 0 saturated heterocycles. The molecule has 0 radical (unpaired) electrons. The van der Waals surface area contributed by atoms with Gasteiger partial charge < -0.3 is 5.73 Å². The molecule has 1 heteroatoms. The molecule has 2 N–H and O–H groups in total. The van der Waals surface area contributed by atoms with Crippen molar-refractivity contribution in [2.45, 2.75) is 111 Å². The minimum atomic E-state index is 0.872. The minimum absolute atomic E-state index is 0.872. The molecule has 0 heterocycles. The Hall–Kier alpha value is -0.0400. The highest BCUT2D eigenvalue weighted by Gasteiger charge is 1.91.